The van der Waals surface area contributed by atoms with Crippen molar-refractivity contribution in [2.45, 2.75) is 19.8 Å². The quantitative estimate of drug-likeness (QED) is 0.701. The molecule has 4 nitrogen and oxygen atoms in total. The van der Waals surface area contributed by atoms with E-state index in [0.717, 1.165) is 12.0 Å². The lowest BCUT2D eigenvalue weighted by Gasteiger charge is -2.10. The van der Waals surface area contributed by atoms with Crippen LogP contribution in [-0.2, 0) is 15.9 Å². The molecule has 0 unspecified atom stereocenters. The Balaban J connectivity index is 2.00. The molecule has 0 spiro atoms. The number of halogens is 1. The van der Waals surface area contributed by atoms with E-state index in [4.69, 9.17) is 21.1 Å². The molecule has 2 rings (SSSR count). The van der Waals surface area contributed by atoms with Crippen LogP contribution in [0.3, 0.4) is 0 Å². The van der Waals surface area contributed by atoms with Gasteiger partial charge in [0.25, 0.3) is 0 Å². The summed E-state index contributed by atoms with van der Waals surface area (Å²) in [4.78, 5) is 24.3. The minimum Gasteiger partial charge on any atom is -0.462 e. The van der Waals surface area contributed by atoms with Crippen molar-refractivity contribution >= 4 is 23.5 Å². The van der Waals surface area contributed by atoms with Crippen LogP contribution < -0.4 is 0 Å². The van der Waals surface area contributed by atoms with Gasteiger partial charge in [-0.05, 0) is 30.2 Å². The second-order valence-corrected chi connectivity index (χ2v) is 5.57. The molecule has 0 aliphatic carbocycles. The van der Waals surface area contributed by atoms with E-state index in [9.17, 15) is 9.59 Å². The van der Waals surface area contributed by atoms with Crippen LogP contribution in [0.25, 0.3) is 0 Å². The minimum atomic E-state index is -0.550. The topological polar surface area (TPSA) is 52.6 Å². The Morgan fingerprint density at radius 1 is 0.875 bits per heavy atom. The molecule has 0 radical (unpaired) electrons. The average molecular weight is 347 g/mol. The molecule has 0 aliphatic rings. The van der Waals surface area contributed by atoms with Crippen LogP contribution in [0.15, 0.2) is 48.5 Å². The van der Waals surface area contributed by atoms with Gasteiger partial charge in [0.2, 0.25) is 0 Å². The summed E-state index contributed by atoms with van der Waals surface area (Å²) in [5.41, 5.74) is 1.33. The fraction of sp³-hybridized carbons (Fsp3) is 0.263. The zero-order valence-corrected chi connectivity index (χ0v) is 14.2. The minimum absolute atomic E-state index is 0.181. The van der Waals surface area contributed by atoms with E-state index in [0.29, 0.717) is 18.1 Å². The summed E-state index contributed by atoms with van der Waals surface area (Å²) in [5.74, 6) is -1.07. The van der Waals surface area contributed by atoms with E-state index in [1.54, 1.807) is 30.3 Å². The van der Waals surface area contributed by atoms with Crippen molar-refractivity contribution in [2.75, 3.05) is 13.2 Å². The van der Waals surface area contributed by atoms with Crippen LogP contribution in [0, 0.1) is 0 Å². The lowest BCUT2D eigenvalue weighted by molar-refractivity contribution is 0.0460. The van der Waals surface area contributed by atoms with Crippen LogP contribution in [-0.4, -0.2) is 25.2 Å². The van der Waals surface area contributed by atoms with Crippen molar-refractivity contribution in [3.05, 3.63) is 70.2 Å². The molecule has 0 saturated heterocycles. The summed E-state index contributed by atoms with van der Waals surface area (Å²) >= 11 is 6.07. The fourth-order valence-corrected chi connectivity index (χ4v) is 2.37. The lowest BCUT2D eigenvalue weighted by atomic mass is 10.1. The molecule has 24 heavy (non-hydrogen) atoms. The highest BCUT2D eigenvalue weighted by Gasteiger charge is 2.18. The second-order valence-electron chi connectivity index (χ2n) is 5.16. The largest absolute Gasteiger partial charge is 0.462 e. The predicted octanol–water partition coefficient (Wildman–Crippen LogP) is 4.31. The standard InChI is InChI=1S/C19H19ClO4/c1-2-12-23-18(21)15-8-4-5-9-16(15)19(22)24-13-11-14-7-3-6-10-17(14)20/h3-10H,2,11-13H2,1H3. The maximum Gasteiger partial charge on any atom is 0.339 e. The molecule has 0 heterocycles. The monoisotopic (exact) mass is 346 g/mol. The van der Waals surface area contributed by atoms with Crippen molar-refractivity contribution in [1.29, 1.82) is 0 Å². The van der Waals surface area contributed by atoms with Crippen LogP contribution >= 0.6 is 11.6 Å². The molecule has 0 amide bonds. The summed E-state index contributed by atoms with van der Waals surface area (Å²) in [6, 6.07) is 13.9. The van der Waals surface area contributed by atoms with Gasteiger partial charge < -0.3 is 9.47 Å². The maximum atomic E-state index is 12.3. The summed E-state index contributed by atoms with van der Waals surface area (Å²) < 4.78 is 10.4. The number of hydrogen-bond donors (Lipinski definition) is 0. The highest BCUT2D eigenvalue weighted by molar-refractivity contribution is 6.31. The van der Waals surface area contributed by atoms with Crippen LogP contribution in [0.4, 0.5) is 0 Å². The first-order chi connectivity index (χ1) is 11.6. The average Bonchev–Trinajstić information content (AvgIpc) is 2.61. The van der Waals surface area contributed by atoms with Crippen LogP contribution in [0.2, 0.25) is 5.02 Å². The zero-order valence-electron chi connectivity index (χ0n) is 13.5. The number of esters is 2. The summed E-state index contributed by atoms with van der Waals surface area (Å²) in [6.45, 7) is 2.40. The van der Waals surface area contributed by atoms with Gasteiger partial charge in [-0.3, -0.25) is 0 Å². The van der Waals surface area contributed by atoms with Crippen LogP contribution in [0.1, 0.15) is 39.6 Å². The van der Waals surface area contributed by atoms with Gasteiger partial charge in [0.15, 0.2) is 0 Å². The number of rotatable bonds is 7. The molecule has 0 fully saturated rings. The molecule has 0 N–H and O–H groups in total. The van der Waals surface area contributed by atoms with Gasteiger partial charge >= 0.3 is 11.9 Å². The van der Waals surface area contributed by atoms with Gasteiger partial charge in [0.1, 0.15) is 0 Å². The molecule has 2 aromatic rings. The van der Waals surface area contributed by atoms with Gasteiger partial charge in [-0.25, -0.2) is 9.59 Å². The van der Waals surface area contributed by atoms with Gasteiger partial charge in [0.05, 0.1) is 24.3 Å². The number of hydrogen-bond acceptors (Lipinski definition) is 4. The third-order valence-electron chi connectivity index (χ3n) is 3.37. The molecule has 126 valence electrons. The first-order valence-corrected chi connectivity index (χ1v) is 8.18. The van der Waals surface area contributed by atoms with Crippen molar-refractivity contribution in [1.82, 2.24) is 0 Å². The van der Waals surface area contributed by atoms with Gasteiger partial charge in [-0.1, -0.05) is 48.9 Å². The fourth-order valence-electron chi connectivity index (χ4n) is 2.14. The lowest BCUT2D eigenvalue weighted by Crippen LogP contribution is -2.15. The number of ether oxygens (including phenoxy) is 2. The van der Waals surface area contributed by atoms with E-state index in [-0.39, 0.29) is 17.7 Å². The Morgan fingerprint density at radius 2 is 1.42 bits per heavy atom. The normalized spacial score (nSPS) is 10.2. The SMILES string of the molecule is CCCOC(=O)c1ccccc1C(=O)OCCc1ccccc1Cl. The summed E-state index contributed by atoms with van der Waals surface area (Å²) in [5, 5.41) is 0.636. The zero-order chi connectivity index (χ0) is 17.4. The Bertz CT molecular complexity index is 712. The Hall–Kier alpha value is -2.33. The Labute approximate surface area is 146 Å². The molecule has 5 heteroatoms. The third-order valence-corrected chi connectivity index (χ3v) is 3.74. The molecule has 0 bridgehead atoms. The third kappa shape index (κ3) is 4.83. The predicted molar refractivity (Wildman–Crippen MR) is 92.5 cm³/mol. The summed E-state index contributed by atoms with van der Waals surface area (Å²) in [7, 11) is 0. The molecule has 2 aromatic carbocycles. The molecular weight excluding hydrogens is 328 g/mol. The highest BCUT2D eigenvalue weighted by atomic mass is 35.5. The number of carbonyl (C=O) groups excluding carboxylic acids is 2. The molecule has 0 aromatic heterocycles. The second kappa shape index (κ2) is 9.08. The van der Waals surface area contributed by atoms with E-state index in [2.05, 4.69) is 0 Å². The van der Waals surface area contributed by atoms with E-state index in [1.807, 2.05) is 25.1 Å². The number of benzene rings is 2. The van der Waals surface area contributed by atoms with E-state index in [1.165, 1.54) is 0 Å². The Kier molecular flexibility index (Phi) is 6.82. The maximum absolute atomic E-state index is 12.3. The van der Waals surface area contributed by atoms with Crippen molar-refractivity contribution in [2.24, 2.45) is 0 Å². The van der Waals surface area contributed by atoms with Crippen molar-refractivity contribution < 1.29 is 19.1 Å². The molecule has 0 aliphatic heterocycles. The Morgan fingerprint density at radius 3 is 2.00 bits per heavy atom. The molecule has 0 atom stereocenters. The summed E-state index contributed by atoms with van der Waals surface area (Å²) in [6.07, 6.45) is 1.23. The first-order valence-electron chi connectivity index (χ1n) is 7.80. The van der Waals surface area contributed by atoms with E-state index < -0.39 is 11.9 Å². The van der Waals surface area contributed by atoms with Gasteiger partial charge in [-0.2, -0.15) is 0 Å². The van der Waals surface area contributed by atoms with E-state index >= 15 is 0 Å². The van der Waals surface area contributed by atoms with Crippen LogP contribution in [0.5, 0.6) is 0 Å². The van der Waals surface area contributed by atoms with Gasteiger partial charge in [-0.15, -0.1) is 0 Å². The van der Waals surface area contributed by atoms with Crippen molar-refractivity contribution in [3.63, 3.8) is 0 Å². The molecular formula is C19H19ClO4. The molecule has 0 saturated carbocycles. The van der Waals surface area contributed by atoms with Crippen molar-refractivity contribution in [3.8, 4) is 0 Å². The van der Waals surface area contributed by atoms with Gasteiger partial charge in [0, 0.05) is 11.4 Å². The first kappa shape index (κ1) is 18.0. The highest BCUT2D eigenvalue weighted by Crippen LogP contribution is 2.16. The smallest absolute Gasteiger partial charge is 0.339 e. The number of carbonyl (C=O) groups is 2.